The van der Waals surface area contributed by atoms with Gasteiger partial charge in [-0.1, -0.05) is 485 Å². The lowest BCUT2D eigenvalue weighted by atomic mass is 9.84. The van der Waals surface area contributed by atoms with Gasteiger partial charge < -0.3 is 13.3 Å². The largest absolute Gasteiger partial charge is 0.455 e. The molecule has 3 heteroatoms. The Morgan fingerprint density at radius 2 is 0.329 bits per heavy atom. The summed E-state index contributed by atoms with van der Waals surface area (Å²) < 4.78 is 20.4. The molecule has 3 heterocycles. The predicted molar refractivity (Wildman–Crippen MR) is 608 cm³/mol. The Balaban J connectivity index is 0.000000105. The molecule has 143 heavy (non-hydrogen) atoms. The highest BCUT2D eigenvalue weighted by Gasteiger charge is 2.28. The smallest absolute Gasteiger partial charge is 0.143 e. The van der Waals surface area contributed by atoms with Gasteiger partial charge in [-0.2, -0.15) is 0 Å². The van der Waals surface area contributed by atoms with Crippen LogP contribution in [0.4, 0.5) is 0 Å². The van der Waals surface area contributed by atoms with Gasteiger partial charge in [0.1, 0.15) is 33.5 Å². The molecule has 664 valence electrons. The maximum Gasteiger partial charge on any atom is 0.143 e. The van der Waals surface area contributed by atoms with E-state index in [4.69, 9.17) is 13.3 Å². The molecule has 0 atom stereocenters. The first-order chi connectivity index (χ1) is 71.0. The average Bonchev–Trinajstić information content (AvgIpc) is 1.69. The first-order valence-corrected chi connectivity index (χ1v) is 49.2. The number of fused-ring (bicyclic) bond motifs is 22. The first-order valence-electron chi connectivity index (χ1n) is 49.2. The van der Waals surface area contributed by atoms with Gasteiger partial charge >= 0.3 is 0 Å². The molecule has 0 aliphatic carbocycles. The average molecular weight is 1820 g/mol. The van der Waals surface area contributed by atoms with Crippen LogP contribution in [-0.4, -0.2) is 0 Å². The van der Waals surface area contributed by atoms with E-state index < -0.39 is 0 Å². The van der Waals surface area contributed by atoms with Gasteiger partial charge in [0.2, 0.25) is 0 Å². The summed E-state index contributed by atoms with van der Waals surface area (Å²) in [6.45, 7) is 0. The van der Waals surface area contributed by atoms with Crippen LogP contribution in [0.15, 0.2) is 535 Å². The highest BCUT2D eigenvalue weighted by atomic mass is 16.3. The third kappa shape index (κ3) is 13.7. The molecule has 0 bridgehead atoms. The van der Waals surface area contributed by atoms with Gasteiger partial charge in [-0.25, -0.2) is 0 Å². The fourth-order valence-electron chi connectivity index (χ4n) is 23.4. The van der Waals surface area contributed by atoms with E-state index in [0.29, 0.717) is 0 Å². The van der Waals surface area contributed by atoms with Gasteiger partial charge in [-0.15, -0.1) is 0 Å². The molecule has 0 amide bonds. The van der Waals surface area contributed by atoms with Crippen LogP contribution >= 0.6 is 0 Å². The molecular weight excluding hydrogens is 1730 g/mol. The Labute approximate surface area is 824 Å². The van der Waals surface area contributed by atoms with Crippen molar-refractivity contribution in [2.24, 2.45) is 0 Å². The number of rotatable bonds is 10. The number of hydrogen-bond acceptors (Lipinski definition) is 3. The van der Waals surface area contributed by atoms with Gasteiger partial charge in [0.25, 0.3) is 0 Å². The van der Waals surface area contributed by atoms with Crippen molar-refractivity contribution in [1.82, 2.24) is 0 Å². The Kier molecular flexibility index (Phi) is 19.7. The lowest BCUT2D eigenvalue weighted by Gasteiger charge is -2.18. The minimum atomic E-state index is 0.897. The van der Waals surface area contributed by atoms with Crippen molar-refractivity contribution in [3.8, 4) is 111 Å². The van der Waals surface area contributed by atoms with Crippen LogP contribution in [0.3, 0.4) is 0 Å². The summed E-state index contributed by atoms with van der Waals surface area (Å²) in [5.74, 6) is 0. The van der Waals surface area contributed by atoms with Crippen LogP contribution in [0.25, 0.3) is 296 Å². The lowest BCUT2D eigenvalue weighted by Crippen LogP contribution is -1.91. The Morgan fingerprint density at radius 1 is 0.105 bits per heavy atom. The van der Waals surface area contributed by atoms with E-state index in [-0.39, 0.29) is 0 Å². The fraction of sp³-hybridized carbons (Fsp3) is 0. The maximum absolute atomic E-state index is 6.84. The summed E-state index contributed by atoms with van der Waals surface area (Å²) in [7, 11) is 0. The third-order valence-electron chi connectivity index (χ3n) is 29.7. The molecule has 3 nitrogen and oxygen atoms in total. The van der Waals surface area contributed by atoms with Crippen molar-refractivity contribution >= 4 is 184 Å². The van der Waals surface area contributed by atoms with E-state index >= 15 is 0 Å². The Morgan fingerprint density at radius 3 is 0.692 bits per heavy atom. The zero-order valence-electron chi connectivity index (χ0n) is 77.9. The molecule has 0 N–H and O–H groups in total. The quantitative estimate of drug-likeness (QED) is 0.101. The van der Waals surface area contributed by atoms with Crippen molar-refractivity contribution in [1.29, 1.82) is 0 Å². The van der Waals surface area contributed by atoms with E-state index in [2.05, 4.69) is 522 Å². The van der Waals surface area contributed by atoms with Crippen LogP contribution in [0.2, 0.25) is 0 Å². The van der Waals surface area contributed by atoms with Crippen LogP contribution in [0, 0.1) is 0 Å². The number of furan rings is 3. The molecule has 27 aromatic carbocycles. The first kappa shape index (κ1) is 82.5. The monoisotopic (exact) mass is 1810 g/mol. The van der Waals surface area contributed by atoms with Crippen molar-refractivity contribution in [2.75, 3.05) is 0 Å². The van der Waals surface area contributed by atoms with Crippen LogP contribution in [-0.2, 0) is 0 Å². The molecule has 0 fully saturated rings. The van der Waals surface area contributed by atoms with Crippen molar-refractivity contribution in [3.63, 3.8) is 0 Å². The molecule has 0 saturated carbocycles. The van der Waals surface area contributed by atoms with Gasteiger partial charge in [0.15, 0.2) is 0 Å². The Bertz CT molecular complexity index is 10200. The molecule has 30 rings (SSSR count). The van der Waals surface area contributed by atoms with E-state index in [0.717, 1.165) is 99.2 Å². The molecular formula is C140H86O3. The van der Waals surface area contributed by atoms with Crippen molar-refractivity contribution in [2.45, 2.75) is 0 Å². The van der Waals surface area contributed by atoms with Gasteiger partial charge in [-0.3, -0.25) is 0 Å². The summed E-state index contributed by atoms with van der Waals surface area (Å²) in [5, 5.41) is 34.3. The molecule has 0 saturated heterocycles. The van der Waals surface area contributed by atoms with Crippen LogP contribution in [0.5, 0.6) is 0 Å². The highest BCUT2D eigenvalue weighted by molar-refractivity contribution is 6.31. The van der Waals surface area contributed by atoms with E-state index in [1.807, 2.05) is 0 Å². The number of para-hydroxylation sites is 3. The third-order valence-corrected chi connectivity index (χ3v) is 29.7. The summed E-state index contributed by atoms with van der Waals surface area (Å²) in [6.07, 6.45) is 0. The fourth-order valence-corrected chi connectivity index (χ4v) is 23.4. The van der Waals surface area contributed by atoms with E-state index in [1.165, 1.54) is 196 Å². The van der Waals surface area contributed by atoms with E-state index in [9.17, 15) is 0 Å². The Hall–Kier alpha value is -18.8. The van der Waals surface area contributed by atoms with Crippen LogP contribution < -0.4 is 0 Å². The summed E-state index contributed by atoms with van der Waals surface area (Å²) in [5.41, 5.74) is 29.4. The number of benzene rings is 27. The van der Waals surface area contributed by atoms with E-state index in [1.54, 1.807) is 0 Å². The second kappa shape index (κ2) is 34.1. The standard InChI is InChI=1S/C50H30O.C46H28O.C44H28O/c1-2-13-33-29-36(26-23-31(33)11-1)47-40-15-5-7-17-42(40)48(43-18-8-6-16-41(43)47)44-20-10-22-46-49(44)45-21-9-19-39(50(45)51-46)35-27-28-38-34(30-35)25-24-32-12-3-4-14-37(32)38;1-2-13-30(14-3-1)43-36-16-6-8-18-38(36)44(39-19-9-7-17-37(39)43)40-21-11-23-42-45(40)41-22-10-20-35(46(41)47-42)32-26-27-34-31(28-32)25-24-29-12-4-5-15-33(29)34;1-3-13-29(14-4-1)30-25-27-31(28-26-30)33-21-11-23-39-43-38(22-12-24-40(43)45-44(33)39)42-36-19-9-7-17-34(36)41(32-15-5-2-6-16-32)35-18-8-10-20-37(35)42/h1-30H;1-28H;1-28H. The summed E-state index contributed by atoms with van der Waals surface area (Å²) >= 11 is 0. The lowest BCUT2D eigenvalue weighted by molar-refractivity contribution is 0.669. The SMILES string of the molecule is c1ccc(-c2c3ccccc3c(-c3cccc4oc5c(-c6ccc7c(ccc8ccccc87)c6)cccc5c34)c3ccccc23)cc1.c1ccc(-c2ccc(-c3cccc4c3oc3cccc(-c5c6ccccc6c(-c6ccccc6)c6ccccc56)c34)cc2)cc1.c1ccc2cc(-c3c4ccccc4c(-c4cccc5oc6c(-c7ccc8c(ccc9ccccc98)c7)cccc6c45)c4ccccc34)ccc2c1. The highest BCUT2D eigenvalue weighted by Crippen LogP contribution is 2.54. The zero-order valence-corrected chi connectivity index (χ0v) is 77.9. The molecule has 30 aromatic rings. The normalized spacial score (nSPS) is 11.8. The molecule has 0 aliphatic heterocycles. The van der Waals surface area contributed by atoms with Gasteiger partial charge in [0, 0.05) is 49.0 Å². The summed E-state index contributed by atoms with van der Waals surface area (Å²) in [6, 6.07) is 188. The molecule has 0 spiro atoms. The van der Waals surface area contributed by atoms with Gasteiger partial charge in [0.05, 0.1) is 0 Å². The molecule has 0 radical (unpaired) electrons. The zero-order chi connectivity index (χ0) is 94.1. The predicted octanol–water partition coefficient (Wildman–Crippen LogP) is 40.1. The maximum atomic E-state index is 6.84. The topological polar surface area (TPSA) is 39.4 Å². The molecule has 0 unspecified atom stereocenters. The second-order valence-corrected chi connectivity index (χ2v) is 37.6. The minimum Gasteiger partial charge on any atom is -0.455 e. The van der Waals surface area contributed by atoms with Crippen LogP contribution in [0.1, 0.15) is 0 Å². The van der Waals surface area contributed by atoms with Crippen molar-refractivity contribution < 1.29 is 13.3 Å². The molecule has 0 aliphatic rings. The minimum absolute atomic E-state index is 0.897. The van der Waals surface area contributed by atoms with Crippen molar-refractivity contribution in [3.05, 3.63) is 522 Å². The molecule has 3 aromatic heterocycles. The van der Waals surface area contributed by atoms with Gasteiger partial charge in [-0.05, 0) is 249 Å². The summed E-state index contributed by atoms with van der Waals surface area (Å²) in [4.78, 5) is 0. The second-order valence-electron chi connectivity index (χ2n) is 37.6. The number of hydrogen-bond donors (Lipinski definition) is 0.